The molecule has 0 saturated carbocycles. The molecule has 0 atom stereocenters. The monoisotopic (exact) mass is 292 g/mol. The predicted octanol–water partition coefficient (Wildman–Crippen LogP) is 2.82. The van der Waals surface area contributed by atoms with Crippen LogP contribution in [0.4, 0.5) is 4.39 Å². The molecule has 0 spiro atoms. The molecule has 2 heterocycles. The third-order valence-corrected chi connectivity index (χ3v) is 2.95. The Labute approximate surface area is 96.2 Å². The fourth-order valence-corrected chi connectivity index (χ4v) is 2.03. The highest BCUT2D eigenvalue weighted by Gasteiger charge is 2.19. The first-order valence-corrected chi connectivity index (χ1v) is 4.94. The molecule has 0 aromatic carbocycles. The van der Waals surface area contributed by atoms with Gasteiger partial charge in [-0.1, -0.05) is 11.6 Å². The zero-order valence-corrected chi connectivity index (χ0v) is 9.36. The molecule has 0 amide bonds. The number of rotatable bonds is 1. The van der Waals surface area contributed by atoms with E-state index < -0.39 is 11.8 Å². The van der Waals surface area contributed by atoms with Crippen molar-refractivity contribution in [1.29, 1.82) is 0 Å². The van der Waals surface area contributed by atoms with Crippen molar-refractivity contribution in [3.63, 3.8) is 0 Å². The third kappa shape index (κ3) is 1.49. The number of aromatic amines is 1. The first-order valence-electron chi connectivity index (χ1n) is 3.77. The van der Waals surface area contributed by atoms with Crippen LogP contribution in [0.5, 0.6) is 0 Å². The number of carboxylic acid groups (broad SMARTS) is 1. The molecule has 4 nitrogen and oxygen atoms in total. The fourth-order valence-electron chi connectivity index (χ4n) is 1.24. The average molecular weight is 293 g/mol. The van der Waals surface area contributed by atoms with E-state index in [1.165, 1.54) is 6.20 Å². The van der Waals surface area contributed by atoms with Crippen molar-refractivity contribution in [1.82, 2.24) is 9.97 Å². The molecule has 15 heavy (non-hydrogen) atoms. The maximum Gasteiger partial charge on any atom is 0.353 e. The highest BCUT2D eigenvalue weighted by molar-refractivity contribution is 9.10. The number of hydrogen-bond donors (Lipinski definition) is 2. The van der Waals surface area contributed by atoms with E-state index >= 15 is 0 Å². The molecule has 78 valence electrons. The van der Waals surface area contributed by atoms with Crippen molar-refractivity contribution >= 4 is 44.4 Å². The Kier molecular flexibility index (Phi) is 2.40. The van der Waals surface area contributed by atoms with Crippen LogP contribution in [-0.4, -0.2) is 21.0 Å². The molecule has 0 saturated heterocycles. The van der Waals surface area contributed by atoms with Gasteiger partial charge in [0.2, 0.25) is 0 Å². The molecule has 7 heteroatoms. The van der Waals surface area contributed by atoms with E-state index in [1.54, 1.807) is 0 Å². The summed E-state index contributed by atoms with van der Waals surface area (Å²) in [5, 5.41) is 8.59. The van der Waals surface area contributed by atoms with E-state index in [0.29, 0.717) is 0 Å². The molecular weight excluding hydrogens is 290 g/mol. The summed E-state index contributed by atoms with van der Waals surface area (Å²) in [5.74, 6) is -1.93. The Hall–Kier alpha value is -1.14. The Morgan fingerprint density at radius 1 is 1.67 bits per heavy atom. The second kappa shape index (κ2) is 3.46. The summed E-state index contributed by atoms with van der Waals surface area (Å²) in [7, 11) is 0. The van der Waals surface area contributed by atoms with Crippen LogP contribution >= 0.6 is 27.5 Å². The lowest BCUT2D eigenvalue weighted by Gasteiger charge is -1.94. The average Bonchev–Trinajstić information content (AvgIpc) is 2.50. The second-order valence-corrected chi connectivity index (χ2v) is 3.92. The predicted molar refractivity (Wildman–Crippen MR) is 55.7 cm³/mol. The molecule has 2 aromatic heterocycles. The highest BCUT2D eigenvalue weighted by atomic mass is 79.9. The molecule has 0 aliphatic carbocycles. The molecule has 0 fully saturated rings. The van der Waals surface area contributed by atoms with Gasteiger partial charge in [-0.3, -0.25) is 0 Å². The van der Waals surface area contributed by atoms with Crippen molar-refractivity contribution in [2.75, 3.05) is 0 Å². The smallest absolute Gasteiger partial charge is 0.353 e. The van der Waals surface area contributed by atoms with Gasteiger partial charge in [-0.25, -0.2) is 14.2 Å². The number of H-pyrrole nitrogens is 1. The third-order valence-electron chi connectivity index (χ3n) is 1.89. The molecule has 2 aromatic rings. The van der Waals surface area contributed by atoms with Crippen LogP contribution in [0.25, 0.3) is 10.9 Å². The van der Waals surface area contributed by atoms with E-state index in [-0.39, 0.29) is 26.2 Å². The van der Waals surface area contributed by atoms with Gasteiger partial charge in [0.15, 0.2) is 11.0 Å². The summed E-state index contributed by atoms with van der Waals surface area (Å²) in [4.78, 5) is 16.8. The molecule has 2 N–H and O–H groups in total. The van der Waals surface area contributed by atoms with Crippen LogP contribution < -0.4 is 0 Å². The van der Waals surface area contributed by atoms with Crippen molar-refractivity contribution in [3.8, 4) is 0 Å². The summed E-state index contributed by atoms with van der Waals surface area (Å²) >= 11 is 8.48. The number of fused-ring (bicyclic) bond motifs is 1. The topological polar surface area (TPSA) is 66.0 Å². The molecule has 0 radical (unpaired) electrons. The van der Waals surface area contributed by atoms with Crippen LogP contribution in [-0.2, 0) is 0 Å². The normalized spacial score (nSPS) is 10.9. The Balaban J connectivity index is 2.89. The summed E-state index contributed by atoms with van der Waals surface area (Å²) in [6.45, 7) is 0. The molecule has 0 aliphatic rings. The van der Waals surface area contributed by atoms with Crippen LogP contribution in [0, 0.1) is 5.82 Å². The number of carboxylic acids is 1. The summed E-state index contributed by atoms with van der Waals surface area (Å²) in [6.07, 6.45) is 1.28. The second-order valence-electron chi connectivity index (χ2n) is 2.77. The van der Waals surface area contributed by atoms with E-state index in [2.05, 4.69) is 25.9 Å². The number of halogens is 3. The van der Waals surface area contributed by atoms with Crippen LogP contribution in [0.1, 0.15) is 10.5 Å². The first kappa shape index (κ1) is 10.4. The molecule has 0 bridgehead atoms. The highest BCUT2D eigenvalue weighted by Crippen LogP contribution is 2.31. The van der Waals surface area contributed by atoms with Gasteiger partial charge in [0.25, 0.3) is 0 Å². The van der Waals surface area contributed by atoms with Crippen LogP contribution in [0.3, 0.4) is 0 Å². The molecule has 2 rings (SSSR count). The van der Waals surface area contributed by atoms with E-state index in [1.807, 2.05) is 0 Å². The Bertz CT molecular complexity index is 569. The molecule has 0 aliphatic heterocycles. The number of aromatic nitrogens is 2. The quantitative estimate of drug-likeness (QED) is 0.795. The minimum Gasteiger partial charge on any atom is -0.477 e. The van der Waals surface area contributed by atoms with Gasteiger partial charge in [-0.05, 0) is 15.9 Å². The van der Waals surface area contributed by atoms with Crippen LogP contribution in [0.2, 0.25) is 5.15 Å². The maximum absolute atomic E-state index is 13.5. The van der Waals surface area contributed by atoms with Gasteiger partial charge in [0.05, 0.1) is 21.6 Å². The number of pyridine rings is 1. The van der Waals surface area contributed by atoms with E-state index in [9.17, 15) is 9.18 Å². The number of nitrogens with zero attached hydrogens (tertiary/aromatic N) is 1. The standard InChI is InChI=1S/C8H3BrClFN2O2/c9-4-3-2(13-6(4)8(14)15)1-12-7(10)5(3)11/h1,13H,(H,14,15). The fraction of sp³-hybridized carbons (Fsp3) is 0. The lowest BCUT2D eigenvalue weighted by molar-refractivity contribution is 0.0690. The Morgan fingerprint density at radius 3 is 2.93 bits per heavy atom. The van der Waals surface area contributed by atoms with E-state index in [0.717, 1.165) is 0 Å². The van der Waals surface area contributed by atoms with Crippen molar-refractivity contribution in [3.05, 3.63) is 27.3 Å². The van der Waals surface area contributed by atoms with Gasteiger partial charge in [-0.15, -0.1) is 0 Å². The summed E-state index contributed by atoms with van der Waals surface area (Å²) in [6, 6.07) is 0. The summed E-state index contributed by atoms with van der Waals surface area (Å²) < 4.78 is 13.6. The lowest BCUT2D eigenvalue weighted by atomic mass is 10.3. The lowest BCUT2D eigenvalue weighted by Crippen LogP contribution is -1.96. The number of carbonyl (C=O) groups is 1. The molecule has 0 unspecified atom stereocenters. The largest absolute Gasteiger partial charge is 0.477 e. The van der Waals surface area contributed by atoms with Crippen LogP contribution in [0.15, 0.2) is 10.7 Å². The first-order chi connectivity index (χ1) is 7.02. The molecular formula is C8H3BrClFN2O2. The van der Waals surface area contributed by atoms with Crippen molar-refractivity contribution < 1.29 is 14.3 Å². The van der Waals surface area contributed by atoms with Gasteiger partial charge in [-0.2, -0.15) is 0 Å². The minimum absolute atomic E-state index is 0.0902. The zero-order valence-electron chi connectivity index (χ0n) is 7.01. The van der Waals surface area contributed by atoms with Gasteiger partial charge in [0, 0.05) is 0 Å². The maximum atomic E-state index is 13.5. The number of nitrogens with one attached hydrogen (secondary N) is 1. The van der Waals surface area contributed by atoms with Gasteiger partial charge < -0.3 is 10.1 Å². The minimum atomic E-state index is -1.19. The van der Waals surface area contributed by atoms with E-state index in [4.69, 9.17) is 16.7 Å². The van der Waals surface area contributed by atoms with Crippen molar-refractivity contribution in [2.45, 2.75) is 0 Å². The van der Waals surface area contributed by atoms with Gasteiger partial charge in [0.1, 0.15) is 5.69 Å². The van der Waals surface area contributed by atoms with Gasteiger partial charge >= 0.3 is 5.97 Å². The number of aromatic carboxylic acids is 1. The summed E-state index contributed by atoms with van der Waals surface area (Å²) in [5.41, 5.74) is 0.147. The number of hydrogen-bond acceptors (Lipinski definition) is 2. The Morgan fingerprint density at radius 2 is 2.33 bits per heavy atom. The van der Waals surface area contributed by atoms with Crippen molar-refractivity contribution in [2.24, 2.45) is 0 Å². The zero-order chi connectivity index (χ0) is 11.2. The SMILES string of the molecule is O=C(O)c1[nH]c2cnc(Cl)c(F)c2c1Br.